The van der Waals surface area contributed by atoms with E-state index in [0.717, 1.165) is 11.3 Å². The lowest BCUT2D eigenvalue weighted by molar-refractivity contribution is -0.116. The van der Waals surface area contributed by atoms with Gasteiger partial charge in [0.1, 0.15) is 0 Å². The summed E-state index contributed by atoms with van der Waals surface area (Å²) in [4.78, 5) is 16.0. The fraction of sp³-hybridized carbons (Fsp3) is 0.263. The molecule has 0 saturated carbocycles. The van der Waals surface area contributed by atoms with E-state index in [1.54, 1.807) is 24.5 Å². The first-order valence-electron chi connectivity index (χ1n) is 8.24. The minimum atomic E-state index is -0.0824. The van der Waals surface area contributed by atoms with Gasteiger partial charge in [-0.2, -0.15) is 0 Å². The van der Waals surface area contributed by atoms with Crippen molar-refractivity contribution in [2.75, 3.05) is 5.32 Å². The fourth-order valence-electron chi connectivity index (χ4n) is 2.36. The minimum Gasteiger partial charge on any atom is -0.421 e. The summed E-state index contributed by atoms with van der Waals surface area (Å²) >= 11 is 0. The van der Waals surface area contributed by atoms with E-state index in [9.17, 15) is 4.79 Å². The Kier molecular flexibility index (Phi) is 5.18. The number of nitrogens with zero attached hydrogens (tertiary/aromatic N) is 3. The van der Waals surface area contributed by atoms with Crippen molar-refractivity contribution < 1.29 is 9.21 Å². The molecule has 2 heterocycles. The molecule has 3 rings (SSSR count). The molecule has 6 heteroatoms. The summed E-state index contributed by atoms with van der Waals surface area (Å²) in [5, 5.41) is 10.9. The molecule has 2 aromatic heterocycles. The zero-order valence-corrected chi connectivity index (χ0v) is 14.3. The molecule has 6 nitrogen and oxygen atoms in total. The Morgan fingerprint density at radius 1 is 1.08 bits per heavy atom. The molecule has 0 saturated heterocycles. The molecule has 0 aliphatic carbocycles. The van der Waals surface area contributed by atoms with Gasteiger partial charge in [0.25, 0.3) is 0 Å². The van der Waals surface area contributed by atoms with Crippen LogP contribution in [-0.2, 0) is 11.2 Å². The molecule has 0 fully saturated rings. The maximum absolute atomic E-state index is 12.1. The van der Waals surface area contributed by atoms with Gasteiger partial charge in [-0.3, -0.25) is 9.78 Å². The molecule has 3 aromatic rings. The van der Waals surface area contributed by atoms with Crippen LogP contribution in [0.3, 0.4) is 0 Å². The predicted molar refractivity (Wildman–Crippen MR) is 95.0 cm³/mol. The summed E-state index contributed by atoms with van der Waals surface area (Å²) in [5.74, 6) is 1.26. The van der Waals surface area contributed by atoms with E-state index in [4.69, 9.17) is 4.42 Å². The number of carbonyl (C=O) groups is 1. The lowest BCUT2D eigenvalue weighted by Crippen LogP contribution is -2.12. The minimum absolute atomic E-state index is 0.0824. The molecule has 128 valence electrons. The highest BCUT2D eigenvalue weighted by molar-refractivity contribution is 5.90. The van der Waals surface area contributed by atoms with Gasteiger partial charge in [-0.25, -0.2) is 0 Å². The first kappa shape index (κ1) is 16.8. The summed E-state index contributed by atoms with van der Waals surface area (Å²) in [7, 11) is 0. The van der Waals surface area contributed by atoms with Crippen LogP contribution in [0.2, 0.25) is 0 Å². The smallest absolute Gasteiger partial charge is 0.247 e. The van der Waals surface area contributed by atoms with Gasteiger partial charge >= 0.3 is 0 Å². The van der Waals surface area contributed by atoms with E-state index >= 15 is 0 Å². The molecule has 1 N–H and O–H groups in total. The zero-order chi connectivity index (χ0) is 17.6. The highest BCUT2D eigenvalue weighted by Gasteiger charge is 2.11. The van der Waals surface area contributed by atoms with Gasteiger partial charge in [-0.05, 0) is 35.7 Å². The number of benzene rings is 1. The first-order chi connectivity index (χ1) is 12.1. The van der Waals surface area contributed by atoms with Crippen molar-refractivity contribution >= 4 is 11.6 Å². The van der Waals surface area contributed by atoms with E-state index in [0.29, 0.717) is 24.1 Å². The van der Waals surface area contributed by atoms with Crippen molar-refractivity contribution in [3.8, 4) is 11.5 Å². The molecule has 1 aromatic carbocycles. The average Bonchev–Trinajstić information content (AvgIpc) is 3.10. The Morgan fingerprint density at radius 2 is 1.80 bits per heavy atom. The van der Waals surface area contributed by atoms with Crippen LogP contribution in [0.4, 0.5) is 5.69 Å². The largest absolute Gasteiger partial charge is 0.421 e. The molecular formula is C19H20N4O2. The van der Waals surface area contributed by atoms with Crippen LogP contribution in [0.1, 0.15) is 37.6 Å². The topological polar surface area (TPSA) is 80.9 Å². The summed E-state index contributed by atoms with van der Waals surface area (Å²) in [5.41, 5.74) is 2.84. The van der Waals surface area contributed by atoms with Crippen LogP contribution >= 0.6 is 0 Å². The number of nitrogens with one attached hydrogen (secondary N) is 1. The lowest BCUT2D eigenvalue weighted by atomic mass is 10.0. The van der Waals surface area contributed by atoms with E-state index in [1.807, 2.05) is 24.3 Å². The number of aryl methyl sites for hydroxylation is 1. The molecule has 25 heavy (non-hydrogen) atoms. The third-order valence-electron chi connectivity index (χ3n) is 3.82. The van der Waals surface area contributed by atoms with Crippen molar-refractivity contribution in [3.63, 3.8) is 0 Å². The van der Waals surface area contributed by atoms with Gasteiger partial charge in [0, 0.05) is 36.5 Å². The van der Waals surface area contributed by atoms with E-state index in [-0.39, 0.29) is 12.3 Å². The molecular weight excluding hydrogens is 316 g/mol. The van der Waals surface area contributed by atoms with Gasteiger partial charge in [-0.1, -0.05) is 26.0 Å². The number of hydrogen-bond donors (Lipinski definition) is 1. The van der Waals surface area contributed by atoms with E-state index in [2.05, 4.69) is 34.3 Å². The van der Waals surface area contributed by atoms with Gasteiger partial charge in [0.2, 0.25) is 17.7 Å². The summed E-state index contributed by atoms with van der Waals surface area (Å²) in [6.07, 6.45) is 4.01. The van der Waals surface area contributed by atoms with Crippen molar-refractivity contribution in [1.82, 2.24) is 15.2 Å². The van der Waals surface area contributed by atoms with Gasteiger partial charge in [0.15, 0.2) is 0 Å². The number of carbonyl (C=O) groups excluding carboxylic acids is 1. The predicted octanol–water partition coefficient (Wildman–Crippen LogP) is 3.83. The van der Waals surface area contributed by atoms with Crippen molar-refractivity contribution in [2.45, 2.75) is 32.6 Å². The quantitative estimate of drug-likeness (QED) is 0.740. The number of rotatable bonds is 6. The second-order valence-corrected chi connectivity index (χ2v) is 6.06. The molecule has 0 unspecified atom stereocenters. The maximum Gasteiger partial charge on any atom is 0.247 e. The molecule has 0 aliphatic heterocycles. The Labute approximate surface area is 146 Å². The highest BCUT2D eigenvalue weighted by Crippen LogP contribution is 2.18. The SMILES string of the molecule is CC(C)c1ccc(NC(=O)CCc2nnc(-c3ccncc3)o2)cc1. The molecule has 0 spiro atoms. The second kappa shape index (κ2) is 7.70. The van der Waals surface area contributed by atoms with Crippen molar-refractivity contribution in [3.05, 3.63) is 60.2 Å². The molecule has 0 aliphatic rings. The summed E-state index contributed by atoms with van der Waals surface area (Å²) in [6.45, 7) is 4.27. The Bertz CT molecular complexity index is 826. The summed E-state index contributed by atoms with van der Waals surface area (Å²) in [6, 6.07) is 11.5. The molecule has 1 amide bonds. The lowest BCUT2D eigenvalue weighted by Gasteiger charge is -2.08. The maximum atomic E-state index is 12.1. The number of pyridine rings is 1. The fourth-order valence-corrected chi connectivity index (χ4v) is 2.36. The number of aromatic nitrogens is 3. The van der Waals surface area contributed by atoms with Crippen LogP contribution in [0.5, 0.6) is 0 Å². The average molecular weight is 336 g/mol. The van der Waals surface area contributed by atoms with Crippen molar-refractivity contribution in [2.24, 2.45) is 0 Å². The van der Waals surface area contributed by atoms with Crippen LogP contribution in [-0.4, -0.2) is 21.1 Å². The van der Waals surface area contributed by atoms with Crippen LogP contribution < -0.4 is 5.32 Å². The number of anilines is 1. The molecule has 0 bridgehead atoms. The molecule has 0 atom stereocenters. The third kappa shape index (κ3) is 4.50. The number of hydrogen-bond acceptors (Lipinski definition) is 5. The Balaban J connectivity index is 1.53. The monoisotopic (exact) mass is 336 g/mol. The van der Waals surface area contributed by atoms with Gasteiger partial charge in [0.05, 0.1) is 0 Å². The van der Waals surface area contributed by atoms with Gasteiger partial charge < -0.3 is 9.73 Å². The van der Waals surface area contributed by atoms with Crippen molar-refractivity contribution in [1.29, 1.82) is 0 Å². The van der Waals surface area contributed by atoms with E-state index in [1.165, 1.54) is 5.56 Å². The Hall–Kier alpha value is -3.02. The zero-order valence-electron chi connectivity index (χ0n) is 14.3. The van der Waals surface area contributed by atoms with E-state index < -0.39 is 0 Å². The van der Waals surface area contributed by atoms with Crippen LogP contribution in [0.25, 0.3) is 11.5 Å². The third-order valence-corrected chi connectivity index (χ3v) is 3.82. The highest BCUT2D eigenvalue weighted by atomic mass is 16.4. The van der Waals surface area contributed by atoms with Crippen LogP contribution in [0, 0.1) is 0 Å². The standard InChI is InChI=1S/C19H20N4O2/c1-13(2)14-3-5-16(6-4-14)21-17(24)7-8-18-22-23-19(25-18)15-9-11-20-12-10-15/h3-6,9-13H,7-8H2,1-2H3,(H,21,24). The Morgan fingerprint density at radius 3 is 2.48 bits per heavy atom. The first-order valence-corrected chi connectivity index (χ1v) is 8.24. The van der Waals surface area contributed by atoms with Crippen LogP contribution in [0.15, 0.2) is 53.2 Å². The molecule has 0 radical (unpaired) electrons. The second-order valence-electron chi connectivity index (χ2n) is 6.06. The summed E-state index contributed by atoms with van der Waals surface area (Å²) < 4.78 is 5.58. The number of amides is 1. The van der Waals surface area contributed by atoms with Gasteiger partial charge in [-0.15, -0.1) is 10.2 Å². The normalized spacial score (nSPS) is 10.8.